The average molecular weight is 451 g/mol. The number of ether oxygens (including phenoxy) is 1. The Balaban J connectivity index is 1.77. The van der Waals surface area contributed by atoms with E-state index in [0.29, 0.717) is 6.42 Å². The molecule has 32 heavy (non-hydrogen) atoms. The largest absolute Gasteiger partial charge is 0.464 e. The van der Waals surface area contributed by atoms with E-state index >= 15 is 0 Å². The van der Waals surface area contributed by atoms with Gasteiger partial charge in [-0.05, 0) is 42.7 Å². The van der Waals surface area contributed by atoms with Gasteiger partial charge in [0.05, 0.1) is 12.3 Å². The average Bonchev–Trinajstić information content (AvgIpc) is 3.15. The predicted octanol–water partition coefficient (Wildman–Crippen LogP) is 4.34. The van der Waals surface area contributed by atoms with Crippen molar-refractivity contribution in [3.63, 3.8) is 0 Å². The summed E-state index contributed by atoms with van der Waals surface area (Å²) in [6.07, 6.45) is -3.16. The maximum absolute atomic E-state index is 14.2. The number of halogens is 4. The summed E-state index contributed by atoms with van der Waals surface area (Å²) < 4.78 is 60.5. The lowest BCUT2D eigenvalue weighted by atomic mass is 9.89. The second-order valence-corrected chi connectivity index (χ2v) is 7.09. The summed E-state index contributed by atoms with van der Waals surface area (Å²) in [5, 5.41) is 4.08. The molecule has 0 spiro atoms. The first-order valence-corrected chi connectivity index (χ1v) is 9.88. The highest BCUT2D eigenvalue weighted by atomic mass is 19.4. The molecule has 0 aliphatic carbocycles. The van der Waals surface area contributed by atoms with Gasteiger partial charge in [-0.1, -0.05) is 30.3 Å². The highest BCUT2D eigenvalue weighted by molar-refractivity contribution is 5.89. The topological polar surface area (TPSA) is 79.8 Å². The van der Waals surface area contributed by atoms with Gasteiger partial charge in [-0.25, -0.2) is 14.0 Å². The van der Waals surface area contributed by atoms with E-state index in [2.05, 4.69) is 15.0 Å². The molecule has 2 aromatic carbocycles. The van der Waals surface area contributed by atoms with Crippen LogP contribution >= 0.6 is 0 Å². The number of para-hydroxylation sites is 1. The van der Waals surface area contributed by atoms with Crippen LogP contribution in [0, 0.1) is 5.82 Å². The number of urea groups is 1. The Hall–Kier alpha value is -3.43. The Morgan fingerprint density at radius 1 is 1.09 bits per heavy atom. The third-order valence-electron chi connectivity index (χ3n) is 5.06. The Kier molecular flexibility index (Phi) is 6.81. The van der Waals surface area contributed by atoms with E-state index in [4.69, 9.17) is 0 Å². The number of nitrogens with one attached hydrogen (secondary N) is 2. The van der Waals surface area contributed by atoms with Crippen LogP contribution in [0.25, 0.3) is 0 Å². The van der Waals surface area contributed by atoms with Gasteiger partial charge in [-0.15, -0.1) is 0 Å². The van der Waals surface area contributed by atoms with Gasteiger partial charge >= 0.3 is 18.2 Å². The van der Waals surface area contributed by atoms with Crippen LogP contribution in [-0.2, 0) is 15.1 Å². The molecule has 0 fully saturated rings. The minimum absolute atomic E-state index is 0.0248. The molecule has 0 saturated heterocycles. The molecule has 170 valence electrons. The molecule has 10 heteroatoms. The van der Waals surface area contributed by atoms with Crippen molar-refractivity contribution in [2.75, 3.05) is 13.2 Å². The lowest BCUT2D eigenvalue weighted by molar-refractivity contribution is -0.214. The van der Waals surface area contributed by atoms with Crippen LogP contribution in [0.4, 0.5) is 28.0 Å². The van der Waals surface area contributed by atoms with Crippen LogP contribution < -0.4 is 10.6 Å². The van der Waals surface area contributed by atoms with E-state index in [9.17, 15) is 27.2 Å². The monoisotopic (exact) mass is 451 g/mol. The van der Waals surface area contributed by atoms with E-state index in [1.165, 1.54) is 6.92 Å². The maximum Gasteiger partial charge on any atom is 0.426 e. The minimum atomic E-state index is -5.26. The SMILES string of the molecule is CCOC(=O)[C@](NC(=O)NCC[C@H]1C=Nc2ccccc21)(c1ccc(F)cc1)C(F)(F)F. The van der Waals surface area contributed by atoms with Crippen molar-refractivity contribution in [2.45, 2.75) is 31.0 Å². The van der Waals surface area contributed by atoms with Gasteiger partial charge in [0.1, 0.15) is 5.82 Å². The Morgan fingerprint density at radius 3 is 2.44 bits per heavy atom. The molecule has 3 rings (SSSR count). The van der Waals surface area contributed by atoms with E-state index in [-0.39, 0.29) is 19.1 Å². The van der Waals surface area contributed by atoms with Gasteiger partial charge in [-0.3, -0.25) is 4.99 Å². The van der Waals surface area contributed by atoms with Crippen molar-refractivity contribution >= 4 is 23.9 Å². The smallest absolute Gasteiger partial charge is 0.426 e. The molecule has 2 amide bonds. The lowest BCUT2D eigenvalue weighted by Crippen LogP contribution is -2.63. The van der Waals surface area contributed by atoms with Crippen LogP contribution in [0.5, 0.6) is 0 Å². The summed E-state index contributed by atoms with van der Waals surface area (Å²) in [6, 6.07) is 9.30. The zero-order chi connectivity index (χ0) is 23.4. The fraction of sp³-hybridized carbons (Fsp3) is 0.318. The fourth-order valence-corrected chi connectivity index (χ4v) is 3.49. The van der Waals surface area contributed by atoms with Crippen molar-refractivity contribution in [1.29, 1.82) is 0 Å². The first kappa shape index (κ1) is 23.2. The standard InChI is InChI=1S/C22H21F4N3O3/c1-2-32-19(30)21(22(24,25)26,15-7-9-16(23)10-8-15)29-20(31)27-12-11-14-13-28-18-6-4-3-5-17(14)18/h3-10,13-14H,2,11-12H2,1H3,(H2,27,29,31)/t14-,21+/m0/s1. The Morgan fingerprint density at radius 2 is 1.78 bits per heavy atom. The number of rotatable bonds is 7. The molecule has 2 atom stereocenters. The van der Waals surface area contributed by atoms with Crippen LogP contribution in [0.15, 0.2) is 53.5 Å². The van der Waals surface area contributed by atoms with Gasteiger partial charge < -0.3 is 15.4 Å². The van der Waals surface area contributed by atoms with E-state index < -0.39 is 35.1 Å². The van der Waals surface area contributed by atoms with Crippen molar-refractivity contribution in [3.05, 3.63) is 65.5 Å². The molecule has 0 bridgehead atoms. The second-order valence-electron chi connectivity index (χ2n) is 7.09. The number of hydrogen-bond donors (Lipinski definition) is 2. The number of aliphatic imine (C=N–C) groups is 1. The lowest BCUT2D eigenvalue weighted by Gasteiger charge is -2.34. The molecule has 1 aliphatic rings. The van der Waals surface area contributed by atoms with Crippen LogP contribution in [0.3, 0.4) is 0 Å². The molecule has 1 heterocycles. The van der Waals surface area contributed by atoms with E-state index in [0.717, 1.165) is 35.5 Å². The number of hydrogen-bond acceptors (Lipinski definition) is 4. The maximum atomic E-state index is 14.2. The summed E-state index contributed by atoms with van der Waals surface area (Å²) >= 11 is 0. The zero-order valence-electron chi connectivity index (χ0n) is 17.1. The Bertz CT molecular complexity index is 1010. The van der Waals surface area contributed by atoms with Crippen molar-refractivity contribution < 1.29 is 31.9 Å². The summed E-state index contributed by atoms with van der Waals surface area (Å²) in [6.45, 7) is 1.02. The van der Waals surface area contributed by atoms with Crippen molar-refractivity contribution in [2.24, 2.45) is 4.99 Å². The molecule has 2 aromatic rings. The quantitative estimate of drug-likeness (QED) is 0.486. The number of amides is 2. The first-order valence-electron chi connectivity index (χ1n) is 9.88. The van der Waals surface area contributed by atoms with Crippen LogP contribution in [0.2, 0.25) is 0 Å². The molecule has 1 aliphatic heterocycles. The van der Waals surface area contributed by atoms with Gasteiger partial charge in [-0.2, -0.15) is 13.2 Å². The molecule has 0 unspecified atom stereocenters. The normalized spacial score (nSPS) is 16.7. The molecule has 0 radical (unpaired) electrons. The number of alkyl halides is 3. The third kappa shape index (κ3) is 4.58. The minimum Gasteiger partial charge on any atom is -0.464 e. The molecule has 0 saturated carbocycles. The van der Waals surface area contributed by atoms with Gasteiger partial charge in [0.2, 0.25) is 0 Å². The predicted molar refractivity (Wildman–Crippen MR) is 109 cm³/mol. The Labute approximate surface area is 181 Å². The number of carbonyl (C=O) groups is 2. The fourth-order valence-electron chi connectivity index (χ4n) is 3.49. The number of fused-ring (bicyclic) bond motifs is 1. The van der Waals surface area contributed by atoms with Crippen molar-refractivity contribution in [1.82, 2.24) is 10.6 Å². The van der Waals surface area contributed by atoms with Crippen molar-refractivity contribution in [3.8, 4) is 0 Å². The second kappa shape index (κ2) is 9.37. The first-order chi connectivity index (χ1) is 15.2. The number of nitrogens with zero attached hydrogens (tertiary/aromatic N) is 1. The number of benzene rings is 2. The van der Waals surface area contributed by atoms with Crippen LogP contribution in [0.1, 0.15) is 30.4 Å². The molecular weight excluding hydrogens is 430 g/mol. The molecule has 6 nitrogen and oxygen atoms in total. The van der Waals surface area contributed by atoms with E-state index in [1.807, 2.05) is 24.3 Å². The summed E-state index contributed by atoms with van der Waals surface area (Å²) in [5.74, 6) is -2.61. The molecular formula is C22H21F4N3O3. The summed E-state index contributed by atoms with van der Waals surface area (Å²) in [7, 11) is 0. The highest BCUT2D eigenvalue weighted by Crippen LogP contribution is 2.40. The molecule has 0 aromatic heterocycles. The third-order valence-corrected chi connectivity index (χ3v) is 5.06. The highest BCUT2D eigenvalue weighted by Gasteiger charge is 2.64. The van der Waals surface area contributed by atoms with Gasteiger partial charge in [0, 0.05) is 18.7 Å². The number of carbonyl (C=O) groups excluding carboxylic acids is 2. The molecule has 2 N–H and O–H groups in total. The summed E-state index contributed by atoms with van der Waals surface area (Å²) in [5.41, 5.74) is -2.41. The van der Waals surface area contributed by atoms with Crippen LogP contribution in [-0.4, -0.2) is 37.5 Å². The van der Waals surface area contributed by atoms with E-state index in [1.54, 1.807) is 11.5 Å². The van der Waals surface area contributed by atoms with Gasteiger partial charge in [0.25, 0.3) is 5.54 Å². The van der Waals surface area contributed by atoms with Gasteiger partial charge in [0.15, 0.2) is 0 Å². The summed E-state index contributed by atoms with van der Waals surface area (Å²) in [4.78, 5) is 29.2. The zero-order valence-corrected chi connectivity index (χ0v) is 17.1. The number of esters is 1.